The van der Waals surface area contributed by atoms with Gasteiger partial charge in [0.15, 0.2) is 22.5 Å². The van der Waals surface area contributed by atoms with Crippen molar-refractivity contribution >= 4 is 16.5 Å². The van der Waals surface area contributed by atoms with E-state index in [9.17, 15) is 13.2 Å². The van der Waals surface area contributed by atoms with Gasteiger partial charge in [-0.2, -0.15) is 0 Å². The molecule has 0 amide bonds. The van der Waals surface area contributed by atoms with Crippen LogP contribution >= 0.6 is 11.3 Å². The molecule has 1 aromatic carbocycles. The minimum absolute atomic E-state index is 0.0921. The monoisotopic (exact) mass is 259 g/mol. The highest BCUT2D eigenvalue weighted by atomic mass is 32.1. The van der Waals surface area contributed by atoms with Crippen LogP contribution in [0.15, 0.2) is 12.1 Å². The van der Waals surface area contributed by atoms with Gasteiger partial charge in [0.2, 0.25) is 5.13 Å². The van der Waals surface area contributed by atoms with Crippen LogP contribution in [-0.4, -0.2) is 16.7 Å². The zero-order valence-corrected chi connectivity index (χ0v) is 9.61. The highest BCUT2D eigenvalue weighted by Crippen LogP contribution is 2.30. The first kappa shape index (κ1) is 11.8. The highest BCUT2D eigenvalue weighted by molar-refractivity contribution is 7.18. The fraction of sp³-hybridized carbons (Fsp3) is 0.200. The summed E-state index contributed by atoms with van der Waals surface area (Å²) >= 11 is 1.08. The Morgan fingerprint density at radius 2 is 1.94 bits per heavy atom. The summed E-state index contributed by atoms with van der Waals surface area (Å²) in [4.78, 5) is 0. The smallest absolute Gasteiger partial charge is 0.205 e. The van der Waals surface area contributed by atoms with Gasteiger partial charge in [-0.15, -0.1) is 10.2 Å². The molecule has 2 rings (SSSR count). The van der Waals surface area contributed by atoms with Gasteiger partial charge in [0.1, 0.15) is 0 Å². The predicted molar refractivity (Wildman–Crippen MR) is 59.4 cm³/mol. The van der Waals surface area contributed by atoms with Crippen LogP contribution in [0.25, 0.3) is 10.6 Å². The molecule has 1 aromatic heterocycles. The van der Waals surface area contributed by atoms with Crippen molar-refractivity contribution in [3.8, 4) is 10.6 Å². The molecule has 0 spiro atoms. The first-order valence-electron chi connectivity index (χ1n) is 4.84. The maximum absolute atomic E-state index is 13.4. The predicted octanol–water partition coefficient (Wildman–Crippen LogP) is 3.05. The Bertz CT molecular complexity index is 542. The molecule has 2 aromatic rings. The Morgan fingerprint density at radius 1 is 1.18 bits per heavy atom. The van der Waals surface area contributed by atoms with Crippen LogP contribution in [0.2, 0.25) is 0 Å². The Labute approximate surface area is 99.3 Å². The normalized spacial score (nSPS) is 10.6. The molecule has 17 heavy (non-hydrogen) atoms. The van der Waals surface area contributed by atoms with Gasteiger partial charge >= 0.3 is 0 Å². The van der Waals surface area contributed by atoms with E-state index < -0.39 is 17.5 Å². The third kappa shape index (κ3) is 2.23. The Balaban J connectivity index is 2.42. The number of aromatic nitrogens is 2. The van der Waals surface area contributed by atoms with E-state index in [0.29, 0.717) is 11.7 Å². The van der Waals surface area contributed by atoms with Gasteiger partial charge in [-0.3, -0.25) is 0 Å². The summed E-state index contributed by atoms with van der Waals surface area (Å²) in [5.41, 5.74) is -0.0921. The van der Waals surface area contributed by atoms with Crippen molar-refractivity contribution in [2.75, 3.05) is 11.9 Å². The number of anilines is 1. The topological polar surface area (TPSA) is 37.8 Å². The van der Waals surface area contributed by atoms with Crippen molar-refractivity contribution in [1.82, 2.24) is 10.2 Å². The number of rotatable bonds is 3. The Morgan fingerprint density at radius 3 is 2.65 bits per heavy atom. The molecule has 90 valence electrons. The summed E-state index contributed by atoms with van der Waals surface area (Å²) in [6.07, 6.45) is 0. The fourth-order valence-corrected chi connectivity index (χ4v) is 2.08. The summed E-state index contributed by atoms with van der Waals surface area (Å²) in [6, 6.07) is 2.01. The Kier molecular flexibility index (Phi) is 3.28. The molecule has 0 atom stereocenters. The second-order valence-electron chi connectivity index (χ2n) is 3.17. The van der Waals surface area contributed by atoms with Gasteiger partial charge in [0.25, 0.3) is 0 Å². The zero-order valence-electron chi connectivity index (χ0n) is 8.80. The van der Waals surface area contributed by atoms with Gasteiger partial charge < -0.3 is 5.32 Å². The number of hydrogen-bond donors (Lipinski definition) is 1. The third-order valence-electron chi connectivity index (χ3n) is 2.02. The molecule has 0 bridgehead atoms. The van der Waals surface area contributed by atoms with Crippen molar-refractivity contribution < 1.29 is 13.2 Å². The van der Waals surface area contributed by atoms with Gasteiger partial charge in [0, 0.05) is 6.54 Å². The number of hydrogen-bond acceptors (Lipinski definition) is 4. The lowest BCUT2D eigenvalue weighted by Gasteiger charge is -2.00. The second-order valence-corrected chi connectivity index (χ2v) is 4.14. The minimum atomic E-state index is -1.50. The molecule has 1 N–H and O–H groups in total. The van der Waals surface area contributed by atoms with E-state index in [1.165, 1.54) is 0 Å². The van der Waals surface area contributed by atoms with Crippen LogP contribution in [0.3, 0.4) is 0 Å². The SMILES string of the molecule is CCNc1nnc(-c2ccc(F)c(F)c2F)s1. The average Bonchev–Trinajstić information content (AvgIpc) is 2.75. The molecule has 0 saturated heterocycles. The van der Waals surface area contributed by atoms with Gasteiger partial charge in [-0.25, -0.2) is 13.2 Å². The van der Waals surface area contributed by atoms with Crippen molar-refractivity contribution in [3.05, 3.63) is 29.6 Å². The van der Waals surface area contributed by atoms with E-state index in [1.54, 1.807) is 0 Å². The van der Waals surface area contributed by atoms with Crippen molar-refractivity contribution in [1.29, 1.82) is 0 Å². The number of nitrogens with zero attached hydrogens (tertiary/aromatic N) is 2. The quantitative estimate of drug-likeness (QED) is 0.861. The molecule has 0 unspecified atom stereocenters. The average molecular weight is 259 g/mol. The molecular weight excluding hydrogens is 251 g/mol. The van der Waals surface area contributed by atoms with Crippen LogP contribution in [0.4, 0.5) is 18.3 Å². The van der Waals surface area contributed by atoms with Gasteiger partial charge in [-0.05, 0) is 19.1 Å². The number of halogens is 3. The minimum Gasteiger partial charge on any atom is -0.360 e. The molecule has 1 heterocycles. The number of benzene rings is 1. The van der Waals surface area contributed by atoms with Crippen LogP contribution in [0.5, 0.6) is 0 Å². The molecule has 0 aliphatic rings. The molecule has 7 heteroatoms. The lowest BCUT2D eigenvalue weighted by atomic mass is 10.2. The first-order chi connectivity index (χ1) is 8.13. The third-order valence-corrected chi connectivity index (χ3v) is 2.93. The van der Waals surface area contributed by atoms with Crippen molar-refractivity contribution in [2.24, 2.45) is 0 Å². The maximum Gasteiger partial charge on any atom is 0.205 e. The van der Waals surface area contributed by atoms with E-state index in [-0.39, 0.29) is 10.6 Å². The van der Waals surface area contributed by atoms with Gasteiger partial charge in [-0.1, -0.05) is 11.3 Å². The molecule has 0 aliphatic carbocycles. The van der Waals surface area contributed by atoms with E-state index in [1.807, 2.05) is 6.92 Å². The van der Waals surface area contributed by atoms with E-state index in [4.69, 9.17) is 0 Å². The van der Waals surface area contributed by atoms with E-state index in [0.717, 1.165) is 23.5 Å². The molecular formula is C10H8F3N3S. The van der Waals surface area contributed by atoms with Gasteiger partial charge in [0.05, 0.1) is 5.56 Å². The van der Waals surface area contributed by atoms with Crippen molar-refractivity contribution in [3.63, 3.8) is 0 Å². The largest absolute Gasteiger partial charge is 0.360 e. The highest BCUT2D eigenvalue weighted by Gasteiger charge is 2.17. The second kappa shape index (κ2) is 4.70. The van der Waals surface area contributed by atoms with Crippen LogP contribution in [-0.2, 0) is 0 Å². The summed E-state index contributed by atoms with van der Waals surface area (Å²) < 4.78 is 39.2. The lowest BCUT2D eigenvalue weighted by molar-refractivity contribution is 0.449. The van der Waals surface area contributed by atoms with Crippen LogP contribution in [0, 0.1) is 17.5 Å². The first-order valence-corrected chi connectivity index (χ1v) is 5.66. The summed E-state index contributed by atoms with van der Waals surface area (Å²) in [5, 5.41) is 11.1. The van der Waals surface area contributed by atoms with E-state index >= 15 is 0 Å². The summed E-state index contributed by atoms with van der Waals surface area (Å²) in [7, 11) is 0. The van der Waals surface area contributed by atoms with E-state index in [2.05, 4.69) is 15.5 Å². The molecule has 0 saturated carbocycles. The molecule has 0 aliphatic heterocycles. The van der Waals surface area contributed by atoms with Crippen LogP contribution < -0.4 is 5.32 Å². The number of nitrogens with one attached hydrogen (secondary N) is 1. The standard InChI is InChI=1S/C10H8F3N3S/c1-2-14-10-16-15-9(17-10)5-3-4-6(11)8(13)7(5)12/h3-4H,2H2,1H3,(H,14,16). The Hall–Kier alpha value is -1.63. The fourth-order valence-electron chi connectivity index (χ4n) is 1.25. The summed E-state index contributed by atoms with van der Waals surface area (Å²) in [6.45, 7) is 2.52. The zero-order chi connectivity index (χ0) is 12.4. The molecule has 0 radical (unpaired) electrons. The molecule has 0 fully saturated rings. The summed E-state index contributed by atoms with van der Waals surface area (Å²) in [5.74, 6) is -3.96. The lowest BCUT2D eigenvalue weighted by Crippen LogP contribution is -1.94. The molecule has 3 nitrogen and oxygen atoms in total. The van der Waals surface area contributed by atoms with Crippen molar-refractivity contribution in [2.45, 2.75) is 6.92 Å². The maximum atomic E-state index is 13.4. The van der Waals surface area contributed by atoms with Crippen LogP contribution in [0.1, 0.15) is 6.92 Å².